The Morgan fingerprint density at radius 2 is 0.482 bits per heavy atom. The maximum atomic E-state index is 14.0. The summed E-state index contributed by atoms with van der Waals surface area (Å²) in [5, 5.41) is 8.09. The zero-order valence-corrected chi connectivity index (χ0v) is 36.2. The molecule has 8 aromatic rings. The van der Waals surface area contributed by atoms with Crippen molar-refractivity contribution in [3.05, 3.63) is 253 Å². The minimum absolute atomic E-state index is 0. The third-order valence-corrected chi connectivity index (χ3v) is 19.2. The van der Waals surface area contributed by atoms with Crippen molar-refractivity contribution >= 4 is 86.1 Å². The van der Waals surface area contributed by atoms with Gasteiger partial charge in [-0.05, 0) is 83.9 Å². The van der Waals surface area contributed by atoms with Gasteiger partial charge >= 0.3 is 0 Å². The molecular formula is C51H44Br2OP2+2. The predicted molar refractivity (Wildman–Crippen MR) is 255 cm³/mol. The molecule has 5 heteroatoms. The van der Waals surface area contributed by atoms with E-state index < -0.39 is 14.5 Å². The smallest absolute Gasteiger partial charge is 0.193 e. The maximum Gasteiger partial charge on any atom is 0.193 e. The number of hydrogen-bond acceptors (Lipinski definition) is 1. The van der Waals surface area contributed by atoms with E-state index in [0.29, 0.717) is 11.1 Å². The van der Waals surface area contributed by atoms with Gasteiger partial charge in [0.25, 0.3) is 0 Å². The Bertz CT molecular complexity index is 2040. The molecule has 0 aromatic heterocycles. The highest BCUT2D eigenvalue weighted by atomic mass is 79.9. The molecule has 56 heavy (non-hydrogen) atoms. The van der Waals surface area contributed by atoms with E-state index in [9.17, 15) is 4.79 Å². The molecule has 0 amide bonds. The summed E-state index contributed by atoms with van der Waals surface area (Å²) in [7, 11) is -4.09. The standard InChI is InChI=1S/C51H42OP2.2BrH/c52-51(43-35-31-41(32-36-43)39-53(45-19-7-1-8-20-45,46-21-9-2-10-22-46)47-23-11-3-12-24-47)44-37-33-42(34-38-44)40-54(48-25-13-4-14-26-48,49-27-15-5-16-28-49)50-29-17-6-18-30-50;;/h1-38H,39-40H2;2*1H/q+2;;. The molecule has 0 radical (unpaired) electrons. The van der Waals surface area contributed by atoms with Crippen LogP contribution in [-0.4, -0.2) is 5.78 Å². The lowest BCUT2D eigenvalue weighted by atomic mass is 10.0. The highest BCUT2D eigenvalue weighted by molar-refractivity contribution is 8.93. The Morgan fingerprint density at radius 1 is 0.286 bits per heavy atom. The normalized spacial score (nSPS) is 11.1. The zero-order valence-electron chi connectivity index (χ0n) is 31.0. The zero-order chi connectivity index (χ0) is 36.6. The van der Waals surface area contributed by atoms with E-state index in [1.165, 1.54) is 43.0 Å². The van der Waals surface area contributed by atoms with Gasteiger partial charge in [0.05, 0.1) is 12.3 Å². The topological polar surface area (TPSA) is 17.1 Å². The van der Waals surface area contributed by atoms with Crippen LogP contribution < -0.4 is 31.8 Å². The minimum Gasteiger partial charge on any atom is -0.289 e. The molecule has 276 valence electrons. The van der Waals surface area contributed by atoms with Crippen molar-refractivity contribution in [1.29, 1.82) is 0 Å². The molecule has 0 aliphatic rings. The van der Waals surface area contributed by atoms with E-state index in [-0.39, 0.29) is 39.7 Å². The van der Waals surface area contributed by atoms with Gasteiger partial charge < -0.3 is 0 Å². The quantitative estimate of drug-likeness (QED) is 0.0882. The number of rotatable bonds is 12. The maximum absolute atomic E-state index is 14.0. The van der Waals surface area contributed by atoms with Crippen LogP contribution in [0, 0.1) is 0 Å². The number of carbonyl (C=O) groups is 1. The van der Waals surface area contributed by atoms with Gasteiger partial charge in [0.15, 0.2) is 5.78 Å². The summed E-state index contributed by atoms with van der Waals surface area (Å²) in [5.74, 6) is 0.0403. The molecule has 1 nitrogen and oxygen atoms in total. The van der Waals surface area contributed by atoms with Crippen LogP contribution in [0.4, 0.5) is 0 Å². The Labute approximate surface area is 353 Å². The van der Waals surface area contributed by atoms with E-state index in [0.717, 1.165) is 12.3 Å². The van der Waals surface area contributed by atoms with Crippen LogP contribution >= 0.6 is 48.5 Å². The van der Waals surface area contributed by atoms with Crippen molar-refractivity contribution in [2.45, 2.75) is 12.3 Å². The van der Waals surface area contributed by atoms with E-state index in [2.05, 4.69) is 206 Å². The third kappa shape index (κ3) is 8.34. The van der Waals surface area contributed by atoms with E-state index in [1.54, 1.807) is 0 Å². The van der Waals surface area contributed by atoms with Crippen LogP contribution in [0.3, 0.4) is 0 Å². The van der Waals surface area contributed by atoms with Gasteiger partial charge in [-0.3, -0.25) is 4.79 Å². The Kier molecular flexibility index (Phi) is 13.8. The molecule has 0 N–H and O–H groups in total. The average Bonchev–Trinajstić information content (AvgIpc) is 3.27. The molecule has 0 saturated heterocycles. The number of benzene rings is 8. The van der Waals surface area contributed by atoms with Crippen molar-refractivity contribution in [1.82, 2.24) is 0 Å². The summed E-state index contributed by atoms with van der Waals surface area (Å²) in [5.41, 5.74) is 3.84. The molecule has 0 fully saturated rings. The van der Waals surface area contributed by atoms with Gasteiger partial charge in [0.1, 0.15) is 46.4 Å². The Hall–Kier alpha value is -4.75. The van der Waals surface area contributed by atoms with Crippen LogP contribution in [0.25, 0.3) is 0 Å². The van der Waals surface area contributed by atoms with Gasteiger partial charge in [0.2, 0.25) is 0 Å². The summed E-state index contributed by atoms with van der Waals surface area (Å²) in [4.78, 5) is 14.0. The molecule has 0 spiro atoms. The van der Waals surface area contributed by atoms with E-state index >= 15 is 0 Å². The van der Waals surface area contributed by atoms with Gasteiger partial charge in [0, 0.05) is 11.1 Å². The highest BCUT2D eigenvalue weighted by Crippen LogP contribution is 2.59. The van der Waals surface area contributed by atoms with Crippen LogP contribution in [-0.2, 0) is 12.3 Å². The molecule has 0 unspecified atom stereocenters. The minimum atomic E-state index is -2.04. The van der Waals surface area contributed by atoms with Gasteiger partial charge in [-0.1, -0.05) is 158 Å². The van der Waals surface area contributed by atoms with E-state index in [4.69, 9.17) is 0 Å². The van der Waals surface area contributed by atoms with Crippen LogP contribution in [0.1, 0.15) is 27.0 Å². The summed E-state index contributed by atoms with van der Waals surface area (Å²) >= 11 is 0. The number of carbonyl (C=O) groups excluding carboxylic acids is 1. The molecule has 0 heterocycles. The number of hydrogen-bond donors (Lipinski definition) is 0. The molecule has 0 aliphatic carbocycles. The fourth-order valence-electron chi connectivity index (χ4n) is 7.77. The summed E-state index contributed by atoms with van der Waals surface area (Å²) in [6.07, 6.45) is 1.73. The number of ketones is 1. The predicted octanol–water partition coefficient (Wildman–Crippen LogP) is 11.1. The summed E-state index contributed by atoms with van der Waals surface area (Å²) < 4.78 is 0. The first-order valence-corrected chi connectivity index (χ1v) is 22.4. The highest BCUT2D eigenvalue weighted by Gasteiger charge is 2.46. The van der Waals surface area contributed by atoms with Crippen molar-refractivity contribution in [2.24, 2.45) is 0 Å². The molecular weight excluding hydrogens is 850 g/mol. The molecule has 0 bridgehead atoms. The molecule has 0 saturated carbocycles. The second-order valence-electron chi connectivity index (χ2n) is 13.7. The van der Waals surface area contributed by atoms with Crippen LogP contribution in [0.2, 0.25) is 0 Å². The second kappa shape index (κ2) is 18.9. The molecule has 8 rings (SSSR count). The third-order valence-electron chi connectivity index (χ3n) is 10.5. The molecule has 0 atom stereocenters. The van der Waals surface area contributed by atoms with Crippen LogP contribution in [0.15, 0.2) is 231 Å². The molecule has 0 aliphatic heterocycles. The van der Waals surface area contributed by atoms with Gasteiger partial charge in [-0.2, -0.15) is 0 Å². The average molecular weight is 895 g/mol. The monoisotopic (exact) mass is 892 g/mol. The summed E-state index contributed by atoms with van der Waals surface area (Å²) in [6.45, 7) is 0. The fraction of sp³-hybridized carbons (Fsp3) is 0.0392. The lowest BCUT2D eigenvalue weighted by Gasteiger charge is -2.28. The van der Waals surface area contributed by atoms with Gasteiger partial charge in [-0.25, -0.2) is 0 Å². The lowest BCUT2D eigenvalue weighted by molar-refractivity contribution is 0.103. The first-order valence-electron chi connectivity index (χ1n) is 18.5. The number of halogens is 2. The van der Waals surface area contributed by atoms with Crippen LogP contribution in [0.5, 0.6) is 0 Å². The van der Waals surface area contributed by atoms with Crippen molar-refractivity contribution in [3.8, 4) is 0 Å². The fourth-order valence-corrected chi connectivity index (χ4v) is 16.3. The SMILES string of the molecule is Br.Br.O=C(c1ccc(C[P+](c2ccccc2)(c2ccccc2)c2ccccc2)cc1)c1ccc(C[P+](c2ccccc2)(c2ccccc2)c2ccccc2)cc1. The van der Waals surface area contributed by atoms with Crippen molar-refractivity contribution < 1.29 is 4.79 Å². The largest absolute Gasteiger partial charge is 0.289 e. The lowest BCUT2D eigenvalue weighted by Crippen LogP contribution is -2.32. The Morgan fingerprint density at radius 3 is 0.679 bits per heavy atom. The van der Waals surface area contributed by atoms with Crippen molar-refractivity contribution in [2.75, 3.05) is 0 Å². The Balaban J connectivity index is 0.00000266. The second-order valence-corrected chi connectivity index (χ2v) is 20.6. The summed E-state index contributed by atoms with van der Waals surface area (Å²) in [6, 6.07) is 82.4. The van der Waals surface area contributed by atoms with Crippen molar-refractivity contribution in [3.63, 3.8) is 0 Å². The van der Waals surface area contributed by atoms with E-state index in [1.807, 2.05) is 24.3 Å². The van der Waals surface area contributed by atoms with Gasteiger partial charge in [-0.15, -0.1) is 34.0 Å². The molecule has 8 aromatic carbocycles. The first-order chi connectivity index (χ1) is 26.7. The first kappa shape index (κ1) is 40.9.